The fraction of sp³-hybridized carbons (Fsp3) is 0.421. The second kappa shape index (κ2) is 8.93. The molecule has 3 rings (SSSR count). The van der Waals surface area contributed by atoms with E-state index in [0.29, 0.717) is 18.2 Å². The van der Waals surface area contributed by atoms with Crippen LogP contribution in [-0.4, -0.2) is 64.1 Å². The highest BCUT2D eigenvalue weighted by Gasteiger charge is 2.20. The van der Waals surface area contributed by atoms with Gasteiger partial charge in [0.2, 0.25) is 5.95 Å². The average Bonchev–Trinajstić information content (AvgIpc) is 3.04. The summed E-state index contributed by atoms with van der Waals surface area (Å²) in [6.45, 7) is 1.59. The van der Waals surface area contributed by atoms with E-state index in [1.807, 2.05) is 32.3 Å². The number of aryl methyl sites for hydroxylation is 1. The Hall–Kier alpha value is -3.11. The number of quaternary nitrogens is 1. The molecule has 0 aliphatic heterocycles. The summed E-state index contributed by atoms with van der Waals surface area (Å²) in [5.41, 5.74) is -0.595. The number of rotatable bonds is 9. The summed E-state index contributed by atoms with van der Waals surface area (Å²) in [7, 11) is 5.61. The first kappa shape index (κ1) is 20.6. The molecule has 0 aliphatic rings. The molecule has 1 atom stereocenters. The molecule has 3 aromatic rings. The number of hydrogen-bond donors (Lipinski definition) is 4. The van der Waals surface area contributed by atoms with Crippen molar-refractivity contribution in [3.05, 3.63) is 51.2 Å². The Kier molecular flexibility index (Phi) is 6.35. The number of nitrogens with zero attached hydrogens (tertiary/aromatic N) is 3. The van der Waals surface area contributed by atoms with E-state index in [1.54, 1.807) is 23.7 Å². The van der Waals surface area contributed by atoms with Crippen LogP contribution in [0.5, 0.6) is 5.75 Å². The molecule has 0 aliphatic carbocycles. The van der Waals surface area contributed by atoms with Crippen LogP contribution in [0.3, 0.4) is 0 Å². The lowest BCUT2D eigenvalue weighted by Crippen LogP contribution is -3.06. The standard InChI is InChI=1S/C19H26N6O4/c1-23(2)10-9-20-18-21-16-15(17(27)22-19(28)24(16)3)25(18)11-13(26)12-29-14-7-5-4-6-8-14/h4-8,13,26H,9-12H2,1-3H3,(H,20,21)(H,22,27,28)/p+1/t13-/m0/s1. The van der Waals surface area contributed by atoms with Crippen LogP contribution in [0, 0.1) is 0 Å². The van der Waals surface area contributed by atoms with Gasteiger partial charge >= 0.3 is 5.69 Å². The molecule has 2 aromatic heterocycles. The van der Waals surface area contributed by atoms with Gasteiger partial charge in [0.15, 0.2) is 11.2 Å². The van der Waals surface area contributed by atoms with Gasteiger partial charge in [-0.2, -0.15) is 4.98 Å². The smallest absolute Gasteiger partial charge is 0.329 e. The Labute approximate surface area is 167 Å². The van der Waals surface area contributed by atoms with E-state index in [-0.39, 0.29) is 24.3 Å². The minimum atomic E-state index is -0.885. The third-order valence-corrected chi connectivity index (χ3v) is 4.49. The molecule has 0 saturated heterocycles. The zero-order chi connectivity index (χ0) is 21.0. The van der Waals surface area contributed by atoms with Crippen LogP contribution in [0.4, 0.5) is 5.95 Å². The first-order valence-electron chi connectivity index (χ1n) is 9.45. The van der Waals surface area contributed by atoms with Gasteiger partial charge in [0, 0.05) is 7.05 Å². The number of H-pyrrole nitrogens is 1. The van der Waals surface area contributed by atoms with Crippen LogP contribution >= 0.6 is 0 Å². The first-order valence-corrected chi connectivity index (χ1v) is 9.45. The van der Waals surface area contributed by atoms with Gasteiger partial charge in [0.05, 0.1) is 33.7 Å². The second-order valence-corrected chi connectivity index (χ2v) is 7.20. The van der Waals surface area contributed by atoms with Crippen molar-refractivity contribution in [2.24, 2.45) is 7.05 Å². The topological polar surface area (TPSA) is 119 Å². The van der Waals surface area contributed by atoms with Crippen LogP contribution in [0.25, 0.3) is 11.2 Å². The average molecular weight is 403 g/mol. The van der Waals surface area contributed by atoms with E-state index in [1.165, 1.54) is 9.47 Å². The zero-order valence-electron chi connectivity index (χ0n) is 16.8. The normalized spacial score (nSPS) is 12.4. The number of aliphatic hydroxyl groups excluding tert-OH is 1. The molecule has 10 heteroatoms. The number of para-hydroxylation sites is 1. The number of hydrogen-bond acceptors (Lipinski definition) is 6. The number of nitrogens with one attached hydrogen (secondary N) is 3. The number of fused-ring (bicyclic) bond motifs is 1. The van der Waals surface area contributed by atoms with E-state index < -0.39 is 17.4 Å². The maximum Gasteiger partial charge on any atom is 0.329 e. The number of ether oxygens (including phenoxy) is 1. The fourth-order valence-corrected chi connectivity index (χ4v) is 2.94. The summed E-state index contributed by atoms with van der Waals surface area (Å²) in [6, 6.07) is 9.18. The molecule has 156 valence electrons. The largest absolute Gasteiger partial charge is 0.491 e. The summed E-state index contributed by atoms with van der Waals surface area (Å²) in [5.74, 6) is 1.07. The van der Waals surface area contributed by atoms with Crippen LogP contribution in [0.15, 0.2) is 39.9 Å². The fourth-order valence-electron chi connectivity index (χ4n) is 2.94. The van der Waals surface area contributed by atoms with Crippen LogP contribution in [0.2, 0.25) is 0 Å². The number of likely N-dealkylation sites (N-methyl/N-ethyl adjacent to an activating group) is 1. The molecule has 0 fully saturated rings. The molecule has 10 nitrogen and oxygen atoms in total. The van der Waals surface area contributed by atoms with Gasteiger partial charge in [-0.15, -0.1) is 0 Å². The first-order chi connectivity index (χ1) is 13.9. The zero-order valence-corrected chi connectivity index (χ0v) is 16.8. The molecular weight excluding hydrogens is 376 g/mol. The quantitative estimate of drug-likeness (QED) is 0.343. The minimum absolute atomic E-state index is 0.0502. The highest BCUT2D eigenvalue weighted by Crippen LogP contribution is 2.16. The van der Waals surface area contributed by atoms with Crippen molar-refractivity contribution >= 4 is 17.1 Å². The van der Waals surface area contributed by atoms with Gasteiger partial charge in [-0.05, 0) is 12.1 Å². The Morgan fingerprint density at radius 2 is 2.00 bits per heavy atom. The highest BCUT2D eigenvalue weighted by molar-refractivity contribution is 5.74. The van der Waals surface area contributed by atoms with Gasteiger partial charge in [-0.25, -0.2) is 4.79 Å². The van der Waals surface area contributed by atoms with Gasteiger partial charge < -0.3 is 24.6 Å². The van der Waals surface area contributed by atoms with Crippen molar-refractivity contribution < 1.29 is 14.7 Å². The number of aliphatic hydroxyl groups is 1. The number of aromatic amines is 1. The van der Waals surface area contributed by atoms with Crippen LogP contribution < -0.4 is 26.2 Å². The van der Waals surface area contributed by atoms with E-state index in [0.717, 1.165) is 6.54 Å². The SMILES string of the molecule is Cn1c(=O)[nH]c(=O)c2c1nc(NCC[NH+](C)C)n2C[C@H](O)COc1ccccc1. The van der Waals surface area contributed by atoms with Gasteiger partial charge in [0.1, 0.15) is 18.5 Å². The summed E-state index contributed by atoms with van der Waals surface area (Å²) < 4.78 is 8.48. The predicted molar refractivity (Wildman–Crippen MR) is 110 cm³/mol. The molecule has 0 spiro atoms. The van der Waals surface area contributed by atoms with Crippen LogP contribution in [-0.2, 0) is 13.6 Å². The second-order valence-electron chi connectivity index (χ2n) is 7.20. The lowest BCUT2D eigenvalue weighted by atomic mass is 10.3. The predicted octanol–water partition coefficient (Wildman–Crippen LogP) is -1.58. The number of anilines is 1. The molecule has 0 amide bonds. The van der Waals surface area contributed by atoms with Crippen molar-refractivity contribution in [2.75, 3.05) is 39.1 Å². The molecular formula is C19H27N6O4+. The summed E-state index contributed by atoms with van der Waals surface area (Å²) in [4.78, 5) is 32.4. The Bertz CT molecular complexity index is 1070. The summed E-state index contributed by atoms with van der Waals surface area (Å²) in [6.07, 6.45) is -0.885. The molecule has 0 bridgehead atoms. The van der Waals surface area contributed by atoms with Crippen molar-refractivity contribution in [3.8, 4) is 5.75 Å². The maximum absolute atomic E-state index is 12.5. The number of imidazole rings is 1. The van der Waals surface area contributed by atoms with Gasteiger partial charge in [0.25, 0.3) is 5.56 Å². The van der Waals surface area contributed by atoms with E-state index in [2.05, 4.69) is 15.3 Å². The van der Waals surface area contributed by atoms with E-state index >= 15 is 0 Å². The van der Waals surface area contributed by atoms with Gasteiger partial charge in [-0.3, -0.25) is 14.3 Å². The van der Waals surface area contributed by atoms with Crippen LogP contribution in [0.1, 0.15) is 0 Å². The third-order valence-electron chi connectivity index (χ3n) is 4.49. The van der Waals surface area contributed by atoms with Crippen molar-refractivity contribution in [2.45, 2.75) is 12.6 Å². The molecule has 29 heavy (non-hydrogen) atoms. The minimum Gasteiger partial charge on any atom is -0.491 e. The molecule has 4 N–H and O–H groups in total. The highest BCUT2D eigenvalue weighted by atomic mass is 16.5. The summed E-state index contributed by atoms with van der Waals surface area (Å²) >= 11 is 0. The number of aromatic nitrogens is 4. The van der Waals surface area contributed by atoms with Crippen molar-refractivity contribution in [3.63, 3.8) is 0 Å². The lowest BCUT2D eigenvalue weighted by Gasteiger charge is -2.16. The maximum atomic E-state index is 12.5. The summed E-state index contributed by atoms with van der Waals surface area (Å²) in [5, 5.41) is 13.7. The van der Waals surface area contributed by atoms with E-state index in [9.17, 15) is 14.7 Å². The monoisotopic (exact) mass is 403 g/mol. The number of benzene rings is 1. The van der Waals surface area contributed by atoms with Crippen molar-refractivity contribution in [1.82, 2.24) is 19.1 Å². The molecule has 1 aromatic carbocycles. The molecule has 0 saturated carbocycles. The molecule has 0 radical (unpaired) electrons. The van der Waals surface area contributed by atoms with Crippen molar-refractivity contribution in [1.29, 1.82) is 0 Å². The Morgan fingerprint density at radius 3 is 2.69 bits per heavy atom. The molecule has 0 unspecified atom stereocenters. The Balaban J connectivity index is 1.87. The van der Waals surface area contributed by atoms with E-state index in [4.69, 9.17) is 4.74 Å². The third kappa shape index (κ3) is 4.84. The Morgan fingerprint density at radius 1 is 1.28 bits per heavy atom. The van der Waals surface area contributed by atoms with Gasteiger partial charge in [-0.1, -0.05) is 18.2 Å². The molecule has 2 heterocycles. The lowest BCUT2D eigenvalue weighted by molar-refractivity contribution is -0.856.